The maximum absolute atomic E-state index is 15.0. The Morgan fingerprint density at radius 3 is 1.40 bits per heavy atom. The van der Waals surface area contributed by atoms with Crippen LogP contribution in [0.3, 0.4) is 0 Å². The zero-order valence-corrected chi connectivity index (χ0v) is 32.0. The minimum Gasteiger partial charge on any atom is -0.309 e. The number of aromatic nitrogens is 4. The number of benzene rings is 8. The highest BCUT2D eigenvalue weighted by molar-refractivity contribution is 6.11. The first-order chi connectivity index (χ1) is 29.5. The van der Waals surface area contributed by atoms with Gasteiger partial charge in [-0.25, -0.2) is 19.3 Å². The molecule has 0 aliphatic heterocycles. The van der Waals surface area contributed by atoms with Crippen molar-refractivity contribution >= 4 is 21.8 Å². The molecule has 60 heavy (non-hydrogen) atoms. The molecule has 10 aromatic rings. The second kappa shape index (κ2) is 15.1. The molecule has 0 atom stereocenters. The molecule has 0 amide bonds. The van der Waals surface area contributed by atoms with Crippen LogP contribution in [-0.2, 0) is 0 Å². The highest BCUT2D eigenvalue weighted by Gasteiger charge is 2.20. The highest BCUT2D eigenvalue weighted by Crippen LogP contribution is 2.40. The number of nitriles is 2. The van der Waals surface area contributed by atoms with Gasteiger partial charge in [-0.05, 0) is 94.0 Å². The van der Waals surface area contributed by atoms with Gasteiger partial charge in [0.25, 0.3) is 0 Å². The molecule has 0 spiro atoms. The molecule has 10 rings (SSSR count). The summed E-state index contributed by atoms with van der Waals surface area (Å²) in [4.78, 5) is 15.2. The SMILES string of the molecule is N#Cc1cccc(-c2ccc3c4ccc(-c5cccc(C#N)c5)cc4n(-c4ccc(-c5cccc(F)c5)c(-c5nc(-c6ccccc6)nc(-c6ccccc6)n5)c4)c3c2)c1. The van der Waals surface area contributed by atoms with Gasteiger partial charge in [0.05, 0.1) is 34.3 Å². The first-order valence-electron chi connectivity index (χ1n) is 19.4. The van der Waals surface area contributed by atoms with Crippen LogP contribution in [0.5, 0.6) is 0 Å². The van der Waals surface area contributed by atoms with E-state index in [1.807, 2.05) is 115 Å². The molecule has 0 aliphatic carbocycles. The maximum Gasteiger partial charge on any atom is 0.164 e. The second-order valence-electron chi connectivity index (χ2n) is 14.5. The van der Waals surface area contributed by atoms with Gasteiger partial charge >= 0.3 is 0 Å². The third kappa shape index (κ3) is 6.63. The predicted molar refractivity (Wildman–Crippen MR) is 236 cm³/mol. The molecule has 0 fully saturated rings. The average molecular weight is 771 g/mol. The van der Waals surface area contributed by atoms with Crippen molar-refractivity contribution in [3.05, 3.63) is 205 Å². The Hall–Kier alpha value is -8.52. The number of rotatable bonds is 7. The lowest BCUT2D eigenvalue weighted by Crippen LogP contribution is -2.02. The lowest BCUT2D eigenvalue weighted by atomic mass is 9.97. The van der Waals surface area contributed by atoms with Crippen LogP contribution < -0.4 is 0 Å². The fourth-order valence-corrected chi connectivity index (χ4v) is 7.89. The van der Waals surface area contributed by atoms with Gasteiger partial charge in [0.15, 0.2) is 17.5 Å². The van der Waals surface area contributed by atoms with E-state index in [9.17, 15) is 14.9 Å². The quantitative estimate of drug-likeness (QED) is 0.161. The fourth-order valence-electron chi connectivity index (χ4n) is 7.89. The van der Waals surface area contributed by atoms with E-state index in [1.165, 1.54) is 12.1 Å². The molecule has 0 bridgehead atoms. The lowest BCUT2D eigenvalue weighted by molar-refractivity contribution is 0.628. The van der Waals surface area contributed by atoms with Gasteiger partial charge in [-0.15, -0.1) is 0 Å². The van der Waals surface area contributed by atoms with Crippen LogP contribution in [0, 0.1) is 28.5 Å². The summed E-state index contributed by atoms with van der Waals surface area (Å²) in [6, 6.07) is 64.8. The molecule has 0 aliphatic rings. The largest absolute Gasteiger partial charge is 0.309 e. The minimum absolute atomic E-state index is 0.350. The van der Waals surface area contributed by atoms with Crippen molar-refractivity contribution < 1.29 is 4.39 Å². The molecule has 0 saturated heterocycles. The van der Waals surface area contributed by atoms with Crippen LogP contribution in [0.1, 0.15) is 11.1 Å². The molecule has 6 nitrogen and oxygen atoms in total. The Morgan fingerprint density at radius 2 is 0.867 bits per heavy atom. The van der Waals surface area contributed by atoms with Crippen molar-refractivity contribution in [2.45, 2.75) is 0 Å². The topological polar surface area (TPSA) is 91.2 Å². The zero-order valence-electron chi connectivity index (χ0n) is 32.0. The molecule has 8 aromatic carbocycles. The standard InChI is InChI=1S/C53H31FN6/c54-43-19-9-18-42(28-43)45-25-22-44(31-48(45)53-58-51(36-12-3-1-4-13-36)57-52(59-53)37-14-5-2-6-15-37)60-49-29-40(38-16-7-10-34(26-38)32-55)20-23-46(49)47-24-21-41(30-50(47)60)39-17-8-11-35(27-39)33-56/h1-31H. The van der Waals surface area contributed by atoms with Gasteiger partial charge < -0.3 is 4.57 Å². The van der Waals surface area contributed by atoms with Gasteiger partial charge in [0.2, 0.25) is 0 Å². The van der Waals surface area contributed by atoms with Gasteiger partial charge in [-0.3, -0.25) is 0 Å². The normalized spacial score (nSPS) is 11.1. The molecular formula is C53H31FN6. The molecule has 2 aromatic heterocycles. The summed E-state index contributed by atoms with van der Waals surface area (Å²) in [5.74, 6) is 1.12. The molecule has 0 N–H and O–H groups in total. The Balaban J connectivity index is 1.27. The lowest BCUT2D eigenvalue weighted by Gasteiger charge is -2.16. The van der Waals surface area contributed by atoms with Crippen LogP contribution >= 0.6 is 0 Å². The first kappa shape index (κ1) is 35.9. The fraction of sp³-hybridized carbons (Fsp3) is 0. The van der Waals surface area contributed by atoms with Crippen molar-refractivity contribution in [1.82, 2.24) is 19.5 Å². The van der Waals surface area contributed by atoms with E-state index in [4.69, 9.17) is 15.0 Å². The van der Waals surface area contributed by atoms with Gasteiger partial charge in [0.1, 0.15) is 5.82 Å². The summed E-state index contributed by atoms with van der Waals surface area (Å²) in [6.07, 6.45) is 0. The summed E-state index contributed by atoms with van der Waals surface area (Å²) >= 11 is 0. The van der Waals surface area contributed by atoms with E-state index < -0.39 is 0 Å². The van der Waals surface area contributed by atoms with E-state index in [-0.39, 0.29) is 5.82 Å². The Kier molecular flexibility index (Phi) is 9.02. The third-order valence-corrected chi connectivity index (χ3v) is 10.8. The molecular weight excluding hydrogens is 740 g/mol. The van der Waals surface area contributed by atoms with Crippen LogP contribution in [0.15, 0.2) is 188 Å². The summed E-state index contributed by atoms with van der Waals surface area (Å²) in [6.45, 7) is 0. The molecule has 280 valence electrons. The zero-order chi connectivity index (χ0) is 40.6. The van der Waals surface area contributed by atoms with Crippen LogP contribution in [0.4, 0.5) is 4.39 Å². The van der Waals surface area contributed by atoms with E-state index >= 15 is 0 Å². The van der Waals surface area contributed by atoms with E-state index in [0.717, 1.165) is 66.4 Å². The van der Waals surface area contributed by atoms with Crippen LogP contribution in [0.25, 0.3) is 95.0 Å². The second-order valence-corrected chi connectivity index (χ2v) is 14.5. The Bertz CT molecular complexity index is 3190. The summed E-state index contributed by atoms with van der Waals surface area (Å²) < 4.78 is 17.2. The van der Waals surface area contributed by atoms with Crippen molar-refractivity contribution in [2.75, 3.05) is 0 Å². The van der Waals surface area contributed by atoms with Gasteiger partial charge in [0, 0.05) is 33.2 Å². The van der Waals surface area contributed by atoms with Crippen LogP contribution in [0.2, 0.25) is 0 Å². The van der Waals surface area contributed by atoms with E-state index in [1.54, 1.807) is 18.2 Å². The highest BCUT2D eigenvalue weighted by atomic mass is 19.1. The first-order valence-corrected chi connectivity index (χ1v) is 19.4. The van der Waals surface area contributed by atoms with Crippen molar-refractivity contribution in [1.29, 1.82) is 10.5 Å². The number of nitrogens with zero attached hydrogens (tertiary/aromatic N) is 6. The average Bonchev–Trinajstić information content (AvgIpc) is 3.64. The van der Waals surface area contributed by atoms with Crippen LogP contribution in [-0.4, -0.2) is 19.5 Å². The molecule has 2 heterocycles. The summed E-state index contributed by atoms with van der Waals surface area (Å²) in [5.41, 5.74) is 11.5. The molecule has 0 radical (unpaired) electrons. The third-order valence-electron chi connectivity index (χ3n) is 10.8. The summed E-state index contributed by atoms with van der Waals surface area (Å²) in [5, 5.41) is 21.5. The maximum atomic E-state index is 15.0. The van der Waals surface area contributed by atoms with Crippen molar-refractivity contribution in [2.24, 2.45) is 0 Å². The van der Waals surface area contributed by atoms with Crippen molar-refractivity contribution in [3.8, 4) is 85.4 Å². The molecule has 0 saturated carbocycles. The summed E-state index contributed by atoms with van der Waals surface area (Å²) in [7, 11) is 0. The molecule has 7 heteroatoms. The van der Waals surface area contributed by atoms with Crippen molar-refractivity contribution in [3.63, 3.8) is 0 Å². The van der Waals surface area contributed by atoms with Gasteiger partial charge in [-0.1, -0.05) is 127 Å². The Labute approximate surface area is 345 Å². The van der Waals surface area contributed by atoms with E-state index in [0.29, 0.717) is 39.7 Å². The number of hydrogen-bond acceptors (Lipinski definition) is 5. The number of halogens is 1. The van der Waals surface area contributed by atoms with Gasteiger partial charge in [-0.2, -0.15) is 10.5 Å². The monoisotopic (exact) mass is 770 g/mol. The minimum atomic E-state index is -0.350. The Morgan fingerprint density at radius 1 is 0.383 bits per heavy atom. The number of hydrogen-bond donors (Lipinski definition) is 0. The smallest absolute Gasteiger partial charge is 0.164 e. The predicted octanol–water partition coefficient (Wildman–Crippen LogP) is 12.9. The molecule has 0 unspecified atom stereocenters. The number of fused-ring (bicyclic) bond motifs is 3. The van der Waals surface area contributed by atoms with E-state index in [2.05, 4.69) is 59.2 Å².